The lowest BCUT2D eigenvalue weighted by molar-refractivity contribution is 0.00619. The van der Waals surface area contributed by atoms with Gasteiger partial charge in [-0.3, -0.25) is 9.20 Å². The molecule has 1 atom stereocenters. The molecule has 0 amide bonds. The molecule has 1 saturated heterocycles. The molecular formula is C22H25FN6O2. The fourth-order valence-electron chi connectivity index (χ4n) is 4.27. The molecule has 8 nitrogen and oxygen atoms in total. The monoisotopic (exact) mass is 424 g/mol. The van der Waals surface area contributed by atoms with Crippen molar-refractivity contribution in [2.45, 2.75) is 58.1 Å². The molecule has 0 spiro atoms. The second-order valence-corrected chi connectivity index (χ2v) is 9.11. The standard InChI is InChI=1S/C22H25FN6O2/c1-22(2,3)18-11-25-26-29(18)20-19-21(30)27(12-15-6-4-5-9-31-15)17-10-14(23)7-8-16(17)28(19)13-24-20/h7-8,10-11,13,15H,4-6,9,12H2,1-3H3. The molecule has 31 heavy (non-hydrogen) atoms. The highest BCUT2D eigenvalue weighted by molar-refractivity contribution is 5.81. The van der Waals surface area contributed by atoms with E-state index in [0.717, 1.165) is 25.0 Å². The smallest absolute Gasteiger partial charge is 0.279 e. The molecule has 5 rings (SSSR count). The Morgan fingerprint density at radius 1 is 1.23 bits per heavy atom. The van der Waals surface area contributed by atoms with Gasteiger partial charge >= 0.3 is 0 Å². The van der Waals surface area contributed by atoms with Crippen molar-refractivity contribution in [1.29, 1.82) is 0 Å². The molecule has 0 bridgehead atoms. The Hall–Kier alpha value is -3.07. The number of imidazole rings is 1. The van der Waals surface area contributed by atoms with Crippen LogP contribution in [0.3, 0.4) is 0 Å². The van der Waals surface area contributed by atoms with Crippen LogP contribution in [0.1, 0.15) is 45.7 Å². The summed E-state index contributed by atoms with van der Waals surface area (Å²) in [5, 5.41) is 8.27. The summed E-state index contributed by atoms with van der Waals surface area (Å²) in [5.41, 5.74) is 1.94. The molecule has 9 heteroatoms. The molecule has 162 valence electrons. The van der Waals surface area contributed by atoms with Crippen molar-refractivity contribution in [3.8, 4) is 5.82 Å². The minimum atomic E-state index is -0.392. The second kappa shape index (κ2) is 7.26. The van der Waals surface area contributed by atoms with Gasteiger partial charge in [0.1, 0.15) is 12.1 Å². The first-order valence-corrected chi connectivity index (χ1v) is 10.6. The minimum absolute atomic E-state index is 0.0803. The lowest BCUT2D eigenvalue weighted by Gasteiger charge is -2.24. The highest BCUT2D eigenvalue weighted by Gasteiger charge is 2.26. The van der Waals surface area contributed by atoms with Crippen molar-refractivity contribution in [2.75, 3.05) is 6.61 Å². The first kappa shape index (κ1) is 19.9. The van der Waals surface area contributed by atoms with Crippen LogP contribution in [0.15, 0.2) is 35.5 Å². The van der Waals surface area contributed by atoms with Gasteiger partial charge < -0.3 is 9.30 Å². The van der Waals surface area contributed by atoms with Crippen molar-refractivity contribution in [3.63, 3.8) is 0 Å². The summed E-state index contributed by atoms with van der Waals surface area (Å²) in [4.78, 5) is 18.2. The number of ether oxygens (including phenoxy) is 1. The third kappa shape index (κ3) is 3.33. The van der Waals surface area contributed by atoms with Gasteiger partial charge in [0.25, 0.3) is 5.56 Å². The van der Waals surface area contributed by atoms with Gasteiger partial charge in [-0.15, -0.1) is 5.10 Å². The van der Waals surface area contributed by atoms with Gasteiger partial charge in [0, 0.05) is 12.0 Å². The third-order valence-electron chi connectivity index (χ3n) is 5.86. The van der Waals surface area contributed by atoms with Crippen LogP contribution in [-0.4, -0.2) is 41.7 Å². The fraction of sp³-hybridized carbons (Fsp3) is 0.455. The SMILES string of the molecule is CC(C)(C)c1cnnn1-c1ncn2c1c(=O)n(CC1CCCCO1)c1cc(F)ccc12. The summed E-state index contributed by atoms with van der Waals surface area (Å²) in [7, 11) is 0. The molecule has 1 aliphatic rings. The van der Waals surface area contributed by atoms with E-state index in [9.17, 15) is 9.18 Å². The first-order valence-electron chi connectivity index (χ1n) is 10.6. The van der Waals surface area contributed by atoms with Gasteiger partial charge in [-0.05, 0) is 37.5 Å². The second-order valence-electron chi connectivity index (χ2n) is 9.11. The molecule has 0 aliphatic carbocycles. The Labute approximate surface area is 178 Å². The van der Waals surface area contributed by atoms with E-state index in [0.29, 0.717) is 35.5 Å². The Morgan fingerprint density at radius 2 is 2.06 bits per heavy atom. The summed E-state index contributed by atoms with van der Waals surface area (Å²) < 4.78 is 25.0. The summed E-state index contributed by atoms with van der Waals surface area (Å²) in [6.45, 7) is 7.20. The highest BCUT2D eigenvalue weighted by atomic mass is 19.1. The van der Waals surface area contributed by atoms with Gasteiger partial charge in [-0.1, -0.05) is 26.0 Å². The molecule has 0 N–H and O–H groups in total. The van der Waals surface area contributed by atoms with E-state index in [1.807, 2.05) is 0 Å². The van der Waals surface area contributed by atoms with Gasteiger partial charge in [0.05, 0.1) is 35.6 Å². The largest absolute Gasteiger partial charge is 0.376 e. The van der Waals surface area contributed by atoms with Crippen LogP contribution in [0.2, 0.25) is 0 Å². The van der Waals surface area contributed by atoms with E-state index in [2.05, 4.69) is 36.1 Å². The van der Waals surface area contributed by atoms with Gasteiger partial charge in [-0.25, -0.2) is 9.37 Å². The Balaban J connectivity index is 1.78. The van der Waals surface area contributed by atoms with Gasteiger partial charge in [-0.2, -0.15) is 4.68 Å². The van der Waals surface area contributed by atoms with Crippen molar-refractivity contribution < 1.29 is 9.13 Å². The number of hydrogen-bond acceptors (Lipinski definition) is 5. The van der Waals surface area contributed by atoms with E-state index in [1.165, 1.54) is 12.1 Å². The zero-order chi connectivity index (χ0) is 21.8. The van der Waals surface area contributed by atoms with Crippen LogP contribution in [0.4, 0.5) is 4.39 Å². The molecule has 1 unspecified atom stereocenters. The third-order valence-corrected chi connectivity index (χ3v) is 5.86. The summed E-state index contributed by atoms with van der Waals surface area (Å²) in [6, 6.07) is 4.46. The number of halogens is 1. The van der Waals surface area contributed by atoms with Crippen LogP contribution in [0.5, 0.6) is 0 Å². The number of benzene rings is 1. The summed E-state index contributed by atoms with van der Waals surface area (Å²) in [6.07, 6.45) is 6.15. The number of rotatable bonds is 3. The average Bonchev–Trinajstić information content (AvgIpc) is 3.38. The fourth-order valence-corrected chi connectivity index (χ4v) is 4.27. The molecule has 3 aromatic heterocycles. The maximum Gasteiger partial charge on any atom is 0.279 e. The Bertz CT molecular complexity index is 1320. The Morgan fingerprint density at radius 3 is 2.81 bits per heavy atom. The predicted octanol–water partition coefficient (Wildman–Crippen LogP) is 3.24. The number of fused-ring (bicyclic) bond motifs is 3. The van der Waals surface area contributed by atoms with E-state index >= 15 is 0 Å². The normalized spacial score (nSPS) is 17.6. The van der Waals surface area contributed by atoms with Crippen molar-refractivity contribution >= 4 is 16.6 Å². The van der Waals surface area contributed by atoms with Crippen molar-refractivity contribution in [3.05, 3.63) is 52.6 Å². The maximum absolute atomic E-state index is 14.1. The molecular weight excluding hydrogens is 399 g/mol. The number of nitrogens with zero attached hydrogens (tertiary/aromatic N) is 6. The zero-order valence-corrected chi connectivity index (χ0v) is 17.9. The van der Waals surface area contributed by atoms with E-state index in [1.54, 1.807) is 32.2 Å². The zero-order valence-electron chi connectivity index (χ0n) is 17.9. The minimum Gasteiger partial charge on any atom is -0.376 e. The molecule has 4 heterocycles. The lowest BCUT2D eigenvalue weighted by atomic mass is 9.93. The van der Waals surface area contributed by atoms with E-state index < -0.39 is 5.82 Å². The first-order chi connectivity index (χ1) is 14.8. The maximum atomic E-state index is 14.1. The van der Waals surface area contributed by atoms with Gasteiger partial charge in [0.15, 0.2) is 11.3 Å². The van der Waals surface area contributed by atoms with Crippen LogP contribution in [0, 0.1) is 5.82 Å². The van der Waals surface area contributed by atoms with Crippen molar-refractivity contribution in [1.82, 2.24) is 28.9 Å². The van der Waals surface area contributed by atoms with E-state index in [4.69, 9.17) is 4.74 Å². The Kier molecular flexibility index (Phi) is 4.65. The summed E-state index contributed by atoms with van der Waals surface area (Å²) in [5.74, 6) is 0.0214. The topological polar surface area (TPSA) is 79.2 Å². The van der Waals surface area contributed by atoms with Crippen LogP contribution < -0.4 is 5.56 Å². The van der Waals surface area contributed by atoms with Crippen LogP contribution >= 0.6 is 0 Å². The van der Waals surface area contributed by atoms with Crippen LogP contribution in [-0.2, 0) is 16.7 Å². The lowest BCUT2D eigenvalue weighted by Crippen LogP contribution is -2.32. The molecule has 1 fully saturated rings. The summed E-state index contributed by atoms with van der Waals surface area (Å²) >= 11 is 0. The van der Waals surface area contributed by atoms with Crippen LogP contribution in [0.25, 0.3) is 22.4 Å². The average molecular weight is 424 g/mol. The predicted molar refractivity (Wildman–Crippen MR) is 114 cm³/mol. The molecule has 4 aromatic rings. The highest BCUT2D eigenvalue weighted by Crippen LogP contribution is 2.26. The molecule has 1 aromatic carbocycles. The van der Waals surface area contributed by atoms with E-state index in [-0.39, 0.29) is 17.1 Å². The molecule has 0 radical (unpaired) electrons. The molecule has 1 aliphatic heterocycles. The van der Waals surface area contributed by atoms with Gasteiger partial charge in [0.2, 0.25) is 0 Å². The number of aromatic nitrogens is 6. The quantitative estimate of drug-likeness (QED) is 0.505. The van der Waals surface area contributed by atoms with Crippen molar-refractivity contribution in [2.24, 2.45) is 0 Å². The molecule has 0 saturated carbocycles. The number of hydrogen-bond donors (Lipinski definition) is 0.